The summed E-state index contributed by atoms with van der Waals surface area (Å²) in [6, 6.07) is 33.9. The number of ether oxygens (including phenoxy) is 4. The molecule has 0 radical (unpaired) electrons. The molecule has 4 nitrogen and oxygen atoms in total. The minimum atomic E-state index is -0.795. The number of hydrogen-bond donors (Lipinski definition) is 0. The topological polar surface area (TPSA) is 36.9 Å². The Bertz CT molecular complexity index is 1690. The summed E-state index contributed by atoms with van der Waals surface area (Å²) in [7, 11) is 3.40. The van der Waals surface area contributed by atoms with Crippen molar-refractivity contribution in [1.29, 1.82) is 0 Å². The second kappa shape index (κ2) is 6.59. The van der Waals surface area contributed by atoms with Crippen molar-refractivity contribution >= 4 is 0 Å². The predicted molar refractivity (Wildman–Crippen MR) is 144 cm³/mol. The molecule has 2 spiro atoms. The summed E-state index contributed by atoms with van der Waals surface area (Å²) < 4.78 is 25.7. The zero-order chi connectivity index (χ0) is 25.2. The first-order chi connectivity index (χ1) is 18.7. The highest BCUT2D eigenvalue weighted by atomic mass is 16.5. The fourth-order valence-electron chi connectivity index (χ4n) is 7.33. The van der Waals surface area contributed by atoms with Crippen LogP contribution in [-0.4, -0.2) is 14.2 Å². The van der Waals surface area contributed by atoms with Crippen LogP contribution >= 0.6 is 0 Å². The molecule has 0 amide bonds. The van der Waals surface area contributed by atoms with Gasteiger partial charge in [-0.2, -0.15) is 0 Å². The Hall–Kier alpha value is -4.70. The third kappa shape index (κ3) is 2.05. The Labute approximate surface area is 220 Å². The highest BCUT2D eigenvalue weighted by Gasteiger charge is 2.65. The molecule has 5 aliphatic rings. The Kier molecular flexibility index (Phi) is 3.53. The van der Waals surface area contributed by atoms with Gasteiger partial charge in [-0.25, -0.2) is 0 Å². The first kappa shape index (κ1) is 20.4. The summed E-state index contributed by atoms with van der Waals surface area (Å²) in [5, 5.41) is 0. The van der Waals surface area contributed by atoms with E-state index in [-0.39, 0.29) is 0 Å². The van der Waals surface area contributed by atoms with E-state index in [1.807, 2.05) is 24.3 Å². The van der Waals surface area contributed by atoms with E-state index in [1.165, 1.54) is 0 Å². The number of rotatable bonds is 2. The van der Waals surface area contributed by atoms with Gasteiger partial charge in [0.25, 0.3) is 0 Å². The second-order valence-corrected chi connectivity index (χ2v) is 10.3. The molecule has 10 rings (SSSR count). The third-order valence-corrected chi connectivity index (χ3v) is 8.76. The molecule has 182 valence electrons. The van der Waals surface area contributed by atoms with Crippen molar-refractivity contribution in [3.63, 3.8) is 0 Å². The molecule has 38 heavy (non-hydrogen) atoms. The average Bonchev–Trinajstić information content (AvgIpc) is 2.99. The number of benzene rings is 5. The van der Waals surface area contributed by atoms with Crippen molar-refractivity contribution in [3.8, 4) is 45.3 Å². The van der Waals surface area contributed by atoms with Crippen molar-refractivity contribution < 1.29 is 18.9 Å². The largest absolute Gasteiger partial charge is 0.497 e. The third-order valence-electron chi connectivity index (χ3n) is 8.76. The van der Waals surface area contributed by atoms with Crippen LogP contribution in [-0.2, 0) is 11.2 Å². The molecular weight excluding hydrogens is 472 g/mol. The standard InChI is InChI=1S/C34H22O4/c1-35-19-11-15-29-23(17-19)21-13-14-22-24-18-20(36-2)12-16-30(24)38-34-27-9-5-3-7-25(27)33(37-29,31(21)32(22)34)26-8-4-6-10-28(26)34/h3-18H,1-2H3. The minimum Gasteiger partial charge on any atom is -0.497 e. The van der Waals surface area contributed by atoms with E-state index in [9.17, 15) is 0 Å². The molecule has 0 saturated carbocycles. The molecule has 0 atom stereocenters. The van der Waals surface area contributed by atoms with Crippen molar-refractivity contribution in [1.82, 2.24) is 0 Å². The van der Waals surface area contributed by atoms with Crippen LogP contribution in [0.3, 0.4) is 0 Å². The normalized spacial score (nSPS) is 21.5. The van der Waals surface area contributed by atoms with Gasteiger partial charge in [0.1, 0.15) is 23.0 Å². The molecule has 2 aliphatic heterocycles. The minimum absolute atomic E-state index is 0.795. The van der Waals surface area contributed by atoms with Gasteiger partial charge in [0.15, 0.2) is 11.2 Å². The van der Waals surface area contributed by atoms with Crippen LogP contribution in [0.25, 0.3) is 22.3 Å². The summed E-state index contributed by atoms with van der Waals surface area (Å²) >= 11 is 0. The SMILES string of the molecule is COc1ccc2c(c1)-c1ccc3c4c1C1(O2)c2ccccc2C4(Oc2ccc(OC)cc2-3)c2ccccc21. The summed E-state index contributed by atoms with van der Waals surface area (Å²) in [5.41, 5.74) is 9.58. The first-order valence-electron chi connectivity index (χ1n) is 12.8. The maximum Gasteiger partial charge on any atom is 0.186 e. The highest BCUT2D eigenvalue weighted by Crippen LogP contribution is 2.69. The highest BCUT2D eigenvalue weighted by molar-refractivity contribution is 5.93. The lowest BCUT2D eigenvalue weighted by atomic mass is 9.53. The number of hydrogen-bond acceptors (Lipinski definition) is 4. The molecule has 4 heteroatoms. The molecule has 2 bridgehead atoms. The van der Waals surface area contributed by atoms with Gasteiger partial charge in [0.05, 0.1) is 14.2 Å². The lowest BCUT2D eigenvalue weighted by Crippen LogP contribution is -2.57. The Balaban J connectivity index is 1.52. The van der Waals surface area contributed by atoms with Gasteiger partial charge in [-0.15, -0.1) is 0 Å². The van der Waals surface area contributed by atoms with Crippen LogP contribution in [0.2, 0.25) is 0 Å². The van der Waals surface area contributed by atoms with Crippen molar-refractivity contribution in [2.45, 2.75) is 11.2 Å². The van der Waals surface area contributed by atoms with E-state index in [2.05, 4.69) is 72.8 Å². The number of fused-ring (bicyclic) bond motifs is 4. The number of methoxy groups -OCH3 is 2. The smallest absolute Gasteiger partial charge is 0.186 e. The van der Waals surface area contributed by atoms with Gasteiger partial charge in [-0.05, 0) is 47.5 Å². The van der Waals surface area contributed by atoms with Gasteiger partial charge in [-0.1, -0.05) is 60.7 Å². The fourth-order valence-corrected chi connectivity index (χ4v) is 7.33. The van der Waals surface area contributed by atoms with Crippen LogP contribution in [0.4, 0.5) is 0 Å². The second-order valence-electron chi connectivity index (χ2n) is 10.3. The van der Waals surface area contributed by atoms with Gasteiger partial charge < -0.3 is 18.9 Å². The van der Waals surface area contributed by atoms with Crippen LogP contribution < -0.4 is 18.9 Å². The van der Waals surface area contributed by atoms with Crippen molar-refractivity contribution in [3.05, 3.63) is 130 Å². The first-order valence-corrected chi connectivity index (χ1v) is 12.8. The van der Waals surface area contributed by atoms with Crippen LogP contribution in [0.5, 0.6) is 23.0 Å². The quantitative estimate of drug-likeness (QED) is 0.264. The van der Waals surface area contributed by atoms with E-state index in [1.54, 1.807) is 14.2 Å². The monoisotopic (exact) mass is 494 g/mol. The van der Waals surface area contributed by atoms with Gasteiger partial charge in [-0.3, -0.25) is 0 Å². The fraction of sp³-hybridized carbons (Fsp3) is 0.118. The zero-order valence-corrected chi connectivity index (χ0v) is 20.9. The molecule has 5 aromatic carbocycles. The van der Waals surface area contributed by atoms with Gasteiger partial charge >= 0.3 is 0 Å². The Morgan fingerprint density at radius 1 is 0.474 bits per heavy atom. The van der Waals surface area contributed by atoms with Gasteiger partial charge in [0, 0.05) is 44.5 Å². The van der Waals surface area contributed by atoms with E-state index in [0.29, 0.717) is 0 Å². The lowest BCUT2D eigenvalue weighted by molar-refractivity contribution is 0.0756. The molecule has 3 aliphatic carbocycles. The average molecular weight is 495 g/mol. The molecule has 5 aromatic rings. The van der Waals surface area contributed by atoms with E-state index < -0.39 is 11.2 Å². The Morgan fingerprint density at radius 3 is 1.24 bits per heavy atom. The maximum absolute atomic E-state index is 7.23. The molecule has 2 heterocycles. The molecule has 0 N–H and O–H groups in total. The van der Waals surface area contributed by atoms with Crippen LogP contribution in [0.1, 0.15) is 33.4 Å². The van der Waals surface area contributed by atoms with E-state index in [0.717, 1.165) is 78.6 Å². The maximum atomic E-state index is 7.23. The summed E-state index contributed by atoms with van der Waals surface area (Å²) in [6.45, 7) is 0. The van der Waals surface area contributed by atoms with E-state index >= 15 is 0 Å². The van der Waals surface area contributed by atoms with Crippen LogP contribution in [0, 0.1) is 0 Å². The van der Waals surface area contributed by atoms with Gasteiger partial charge in [0.2, 0.25) is 0 Å². The summed E-state index contributed by atoms with van der Waals surface area (Å²) in [6.07, 6.45) is 0. The van der Waals surface area contributed by atoms with Crippen LogP contribution in [0.15, 0.2) is 97.1 Å². The summed E-state index contributed by atoms with van der Waals surface area (Å²) in [4.78, 5) is 0. The molecule has 0 saturated heterocycles. The van der Waals surface area contributed by atoms with Crippen molar-refractivity contribution in [2.75, 3.05) is 14.2 Å². The predicted octanol–water partition coefficient (Wildman–Crippen LogP) is 7.03. The molecule has 0 fully saturated rings. The summed E-state index contributed by atoms with van der Waals surface area (Å²) in [5.74, 6) is 3.29. The Morgan fingerprint density at radius 2 is 0.868 bits per heavy atom. The lowest BCUT2D eigenvalue weighted by Gasteiger charge is -2.58. The molecule has 0 aromatic heterocycles. The van der Waals surface area contributed by atoms with E-state index in [4.69, 9.17) is 18.9 Å². The zero-order valence-electron chi connectivity index (χ0n) is 20.9. The molecule has 0 unspecified atom stereocenters. The molecular formula is C34H22O4. The van der Waals surface area contributed by atoms with Crippen molar-refractivity contribution in [2.24, 2.45) is 0 Å².